The van der Waals surface area contributed by atoms with Crippen LogP contribution in [-0.4, -0.2) is 66.7 Å². The maximum atomic E-state index is 11.3. The van der Waals surface area contributed by atoms with Crippen molar-refractivity contribution in [2.75, 3.05) is 40.8 Å². The molecule has 0 bridgehead atoms. The van der Waals surface area contributed by atoms with Crippen LogP contribution >= 0.6 is 11.3 Å². The summed E-state index contributed by atoms with van der Waals surface area (Å²) in [7, 11) is 5.98. The van der Waals surface area contributed by atoms with Crippen LogP contribution in [0.5, 0.6) is 5.75 Å². The molecule has 1 saturated heterocycles. The smallest absolute Gasteiger partial charge is 0.407 e. The molecule has 2 aromatic carbocycles. The van der Waals surface area contributed by atoms with Crippen molar-refractivity contribution in [1.82, 2.24) is 14.7 Å². The Bertz CT molecular complexity index is 1100. The first-order chi connectivity index (χ1) is 17.4. The summed E-state index contributed by atoms with van der Waals surface area (Å²) >= 11 is 1.65. The minimum atomic E-state index is -0.922. The Hall–Kier alpha value is -2.87. The van der Waals surface area contributed by atoms with E-state index in [0.29, 0.717) is 13.0 Å². The highest BCUT2D eigenvalue weighted by Gasteiger charge is 2.38. The first-order valence-electron chi connectivity index (χ1n) is 12.6. The number of carboxylic acid groups (broad SMARTS) is 1. The molecule has 36 heavy (non-hydrogen) atoms. The maximum Gasteiger partial charge on any atom is 0.407 e. The number of likely N-dealkylation sites (tertiary alicyclic amines) is 1. The lowest BCUT2D eigenvalue weighted by molar-refractivity contribution is 0.0501. The van der Waals surface area contributed by atoms with E-state index in [1.165, 1.54) is 16.0 Å². The maximum absolute atomic E-state index is 11.3. The molecule has 1 aromatic heterocycles. The van der Waals surface area contributed by atoms with Gasteiger partial charge in [-0.2, -0.15) is 0 Å². The second-order valence-corrected chi connectivity index (χ2v) is 10.8. The van der Waals surface area contributed by atoms with E-state index in [1.807, 2.05) is 23.6 Å². The summed E-state index contributed by atoms with van der Waals surface area (Å²) in [4.78, 5) is 18.6. The Morgan fingerprint density at radius 2 is 1.72 bits per heavy atom. The third-order valence-electron chi connectivity index (χ3n) is 7.40. The molecule has 4 rings (SSSR count). The van der Waals surface area contributed by atoms with Gasteiger partial charge in [0.15, 0.2) is 0 Å². The lowest BCUT2D eigenvalue weighted by Gasteiger charge is -2.46. The summed E-state index contributed by atoms with van der Waals surface area (Å²) in [5.41, 5.74) is 2.63. The van der Waals surface area contributed by atoms with Gasteiger partial charge in [0.2, 0.25) is 0 Å². The Morgan fingerprint density at radius 1 is 1.03 bits per heavy atom. The number of piperidine rings is 1. The molecule has 0 spiro atoms. The number of thiophene rings is 1. The summed E-state index contributed by atoms with van der Waals surface area (Å²) in [5.74, 6) is 0.876. The predicted molar refractivity (Wildman–Crippen MR) is 146 cm³/mol. The standard InChI is InChI=1S/C29H37N3O3S/c1-30(2)29(24-11-5-4-6-12-24)16-19-32(20-17-29)22-23-10-7-8-13-25(23)35-26(27-14-9-21-36-27)15-18-31(3)28(33)34/h4-14,21,26H,15-20,22H2,1-3H3,(H,33,34). The normalized spacial score (nSPS) is 16.6. The summed E-state index contributed by atoms with van der Waals surface area (Å²) < 4.78 is 6.57. The molecule has 192 valence electrons. The third-order valence-corrected chi connectivity index (χ3v) is 8.36. The molecule has 1 fully saturated rings. The fourth-order valence-electron chi connectivity index (χ4n) is 5.11. The molecule has 0 saturated carbocycles. The summed E-state index contributed by atoms with van der Waals surface area (Å²) in [6.07, 6.45) is 1.64. The number of carbonyl (C=O) groups is 1. The molecule has 2 heterocycles. The van der Waals surface area contributed by atoms with Crippen LogP contribution in [-0.2, 0) is 12.1 Å². The minimum Gasteiger partial charge on any atom is -0.484 e. The van der Waals surface area contributed by atoms with Gasteiger partial charge >= 0.3 is 6.09 Å². The van der Waals surface area contributed by atoms with Crippen molar-refractivity contribution in [3.05, 3.63) is 88.1 Å². The zero-order chi connectivity index (χ0) is 25.5. The molecule has 7 heteroatoms. The van der Waals surface area contributed by atoms with E-state index in [4.69, 9.17) is 4.74 Å². The quantitative estimate of drug-likeness (QED) is 0.369. The highest BCUT2D eigenvalue weighted by Crippen LogP contribution is 2.38. The molecule has 0 aliphatic carbocycles. The van der Waals surface area contributed by atoms with Gasteiger partial charge in [0.1, 0.15) is 11.9 Å². The van der Waals surface area contributed by atoms with Crippen LogP contribution < -0.4 is 4.74 Å². The van der Waals surface area contributed by atoms with Crippen LogP contribution in [0.4, 0.5) is 4.79 Å². The van der Waals surface area contributed by atoms with Gasteiger partial charge in [-0.05, 0) is 50.0 Å². The van der Waals surface area contributed by atoms with Crippen LogP contribution in [0.2, 0.25) is 0 Å². The zero-order valence-electron chi connectivity index (χ0n) is 21.5. The fourth-order valence-corrected chi connectivity index (χ4v) is 5.90. The van der Waals surface area contributed by atoms with Crippen LogP contribution in [0.15, 0.2) is 72.1 Å². The molecule has 0 radical (unpaired) electrons. The van der Waals surface area contributed by atoms with E-state index >= 15 is 0 Å². The molecule has 1 amide bonds. The highest BCUT2D eigenvalue weighted by atomic mass is 32.1. The second-order valence-electron chi connectivity index (χ2n) is 9.79. The van der Waals surface area contributed by atoms with Gasteiger partial charge in [-0.1, -0.05) is 54.6 Å². The zero-order valence-corrected chi connectivity index (χ0v) is 22.3. The Kier molecular flexibility index (Phi) is 8.67. The van der Waals surface area contributed by atoms with Crippen LogP contribution in [0.25, 0.3) is 0 Å². The van der Waals surface area contributed by atoms with E-state index in [0.717, 1.165) is 43.1 Å². The van der Waals surface area contributed by atoms with Crippen molar-refractivity contribution in [3.63, 3.8) is 0 Å². The molecule has 1 aliphatic rings. The monoisotopic (exact) mass is 507 g/mol. The topological polar surface area (TPSA) is 56.2 Å². The van der Waals surface area contributed by atoms with Crippen LogP contribution in [0, 0.1) is 0 Å². The Balaban J connectivity index is 1.45. The lowest BCUT2D eigenvalue weighted by Crippen LogP contribution is -2.50. The van der Waals surface area contributed by atoms with Gasteiger partial charge in [-0.15, -0.1) is 11.3 Å². The van der Waals surface area contributed by atoms with Crippen molar-refractivity contribution in [2.45, 2.75) is 37.5 Å². The number of hydrogen-bond acceptors (Lipinski definition) is 5. The predicted octanol–water partition coefficient (Wildman–Crippen LogP) is 5.92. The average molecular weight is 508 g/mol. The number of rotatable bonds is 10. The van der Waals surface area contributed by atoms with Crippen molar-refractivity contribution in [1.29, 1.82) is 0 Å². The number of amides is 1. The lowest BCUT2D eigenvalue weighted by atomic mass is 9.79. The first-order valence-corrected chi connectivity index (χ1v) is 13.4. The average Bonchev–Trinajstić information content (AvgIpc) is 3.43. The Morgan fingerprint density at radius 3 is 2.36 bits per heavy atom. The minimum absolute atomic E-state index is 0.0637. The number of ether oxygens (including phenoxy) is 1. The van der Waals surface area contributed by atoms with Crippen molar-refractivity contribution >= 4 is 17.4 Å². The molecular weight excluding hydrogens is 470 g/mol. The van der Waals surface area contributed by atoms with Gasteiger partial charge in [0.25, 0.3) is 0 Å². The third kappa shape index (κ3) is 6.09. The molecule has 1 aliphatic heterocycles. The van der Waals surface area contributed by atoms with Gasteiger partial charge < -0.3 is 14.7 Å². The molecule has 1 N–H and O–H groups in total. The fraction of sp³-hybridized carbons (Fsp3) is 0.414. The molecule has 6 nitrogen and oxygen atoms in total. The first kappa shape index (κ1) is 26.2. The van der Waals surface area contributed by atoms with E-state index in [2.05, 4.69) is 72.4 Å². The van der Waals surface area contributed by atoms with E-state index < -0.39 is 6.09 Å². The largest absolute Gasteiger partial charge is 0.484 e. The highest BCUT2D eigenvalue weighted by molar-refractivity contribution is 7.10. The molecule has 1 atom stereocenters. The summed E-state index contributed by atoms with van der Waals surface area (Å²) in [5, 5.41) is 11.3. The van der Waals surface area contributed by atoms with Gasteiger partial charge in [-0.25, -0.2) is 4.79 Å². The molecular formula is C29H37N3O3S. The number of nitrogens with zero attached hydrogens (tertiary/aromatic N) is 3. The van der Waals surface area contributed by atoms with Crippen LogP contribution in [0.3, 0.4) is 0 Å². The van der Waals surface area contributed by atoms with E-state index in [-0.39, 0.29) is 11.6 Å². The van der Waals surface area contributed by atoms with Crippen molar-refractivity contribution < 1.29 is 14.6 Å². The van der Waals surface area contributed by atoms with Gasteiger partial charge in [0, 0.05) is 55.6 Å². The summed E-state index contributed by atoms with van der Waals surface area (Å²) in [6.45, 7) is 3.28. The van der Waals surface area contributed by atoms with Crippen molar-refractivity contribution in [3.8, 4) is 5.75 Å². The Labute approximate surface area is 218 Å². The second kappa shape index (κ2) is 11.9. The SMILES string of the molecule is CN(CCC(Oc1ccccc1CN1CCC(c2ccccc2)(N(C)C)CC1)c1cccs1)C(=O)O. The van der Waals surface area contributed by atoms with Gasteiger partial charge in [0.05, 0.1) is 0 Å². The number of benzene rings is 2. The van der Waals surface area contributed by atoms with Gasteiger partial charge in [-0.3, -0.25) is 9.80 Å². The van der Waals surface area contributed by atoms with Crippen LogP contribution in [0.1, 0.15) is 41.4 Å². The molecule has 1 unspecified atom stereocenters. The van der Waals surface area contributed by atoms with Crippen molar-refractivity contribution in [2.24, 2.45) is 0 Å². The van der Waals surface area contributed by atoms with E-state index in [9.17, 15) is 9.90 Å². The number of hydrogen-bond donors (Lipinski definition) is 1. The summed E-state index contributed by atoms with van der Waals surface area (Å²) in [6, 6.07) is 23.2. The number of para-hydroxylation sites is 1. The van der Waals surface area contributed by atoms with E-state index in [1.54, 1.807) is 18.4 Å². The molecule has 3 aromatic rings.